The van der Waals surface area contributed by atoms with E-state index in [-0.39, 0.29) is 5.91 Å². The molecule has 4 rings (SSSR count). The van der Waals surface area contributed by atoms with Crippen molar-refractivity contribution in [2.24, 2.45) is 0 Å². The number of amides is 1. The zero-order chi connectivity index (χ0) is 19.9. The molecule has 1 N–H and O–H groups in total. The lowest BCUT2D eigenvalue weighted by Gasteiger charge is -2.29. The summed E-state index contributed by atoms with van der Waals surface area (Å²) in [5.74, 6) is 0.922. The topological polar surface area (TPSA) is 54.5 Å². The Balaban J connectivity index is 1.34. The second kappa shape index (κ2) is 9.34. The summed E-state index contributed by atoms with van der Waals surface area (Å²) in [5.41, 5.74) is 4.35. The van der Waals surface area contributed by atoms with Gasteiger partial charge in [0.25, 0.3) is 0 Å². The van der Waals surface area contributed by atoms with E-state index in [0.717, 1.165) is 42.0 Å². The molecule has 0 bridgehead atoms. The summed E-state index contributed by atoms with van der Waals surface area (Å²) >= 11 is 0. The fourth-order valence-electron chi connectivity index (χ4n) is 3.63. The zero-order valence-corrected chi connectivity index (χ0v) is 16.4. The van der Waals surface area contributed by atoms with Crippen LogP contribution in [-0.4, -0.2) is 24.0 Å². The maximum absolute atomic E-state index is 12.8. The van der Waals surface area contributed by atoms with Crippen LogP contribution in [0.25, 0.3) is 0 Å². The van der Waals surface area contributed by atoms with Crippen molar-refractivity contribution in [1.29, 1.82) is 0 Å². The van der Waals surface area contributed by atoms with Crippen molar-refractivity contribution in [3.05, 3.63) is 89.7 Å². The van der Waals surface area contributed by atoms with Gasteiger partial charge in [-0.2, -0.15) is 0 Å². The molecule has 5 nitrogen and oxygen atoms in total. The summed E-state index contributed by atoms with van der Waals surface area (Å²) in [5, 5.41) is 3.28. The maximum Gasteiger partial charge on any atom is 0.240 e. The SMILES string of the molecule is O=C(CNCc1ccccc1OCc1cccnc1)N1CCCc2ccccc21. The minimum absolute atomic E-state index is 0.103. The van der Waals surface area contributed by atoms with Gasteiger partial charge in [0.15, 0.2) is 0 Å². The predicted molar refractivity (Wildman–Crippen MR) is 114 cm³/mol. The van der Waals surface area contributed by atoms with E-state index in [0.29, 0.717) is 19.7 Å². The highest BCUT2D eigenvalue weighted by atomic mass is 16.5. The quantitative estimate of drug-likeness (QED) is 0.671. The van der Waals surface area contributed by atoms with Crippen LogP contribution in [0, 0.1) is 0 Å². The Morgan fingerprint density at radius 1 is 1.07 bits per heavy atom. The van der Waals surface area contributed by atoms with Crippen LogP contribution in [0.4, 0.5) is 5.69 Å². The molecule has 5 heteroatoms. The van der Waals surface area contributed by atoms with E-state index in [1.807, 2.05) is 59.5 Å². The molecule has 0 atom stereocenters. The summed E-state index contributed by atoms with van der Waals surface area (Å²) in [6.45, 7) is 2.12. The number of hydrogen-bond donors (Lipinski definition) is 1. The Bertz CT molecular complexity index is 959. The van der Waals surface area contributed by atoms with Crippen LogP contribution >= 0.6 is 0 Å². The number of pyridine rings is 1. The Morgan fingerprint density at radius 3 is 2.83 bits per heavy atom. The number of aromatic nitrogens is 1. The first kappa shape index (κ1) is 19.2. The van der Waals surface area contributed by atoms with Crippen LogP contribution in [0.5, 0.6) is 5.75 Å². The molecule has 0 spiro atoms. The lowest BCUT2D eigenvalue weighted by atomic mass is 10.0. The number of rotatable bonds is 7. The molecule has 1 amide bonds. The summed E-state index contributed by atoms with van der Waals surface area (Å²) in [6.07, 6.45) is 5.60. The highest BCUT2D eigenvalue weighted by molar-refractivity contribution is 5.95. The fraction of sp³-hybridized carbons (Fsp3) is 0.250. The van der Waals surface area contributed by atoms with E-state index < -0.39 is 0 Å². The number of hydrogen-bond acceptors (Lipinski definition) is 4. The molecule has 0 saturated carbocycles. The average molecular weight is 387 g/mol. The molecule has 1 aliphatic heterocycles. The molecule has 2 aromatic carbocycles. The molecule has 0 radical (unpaired) electrons. The first-order valence-corrected chi connectivity index (χ1v) is 10.00. The van der Waals surface area contributed by atoms with Gasteiger partial charge in [0, 0.05) is 42.3 Å². The molecule has 0 saturated heterocycles. The van der Waals surface area contributed by atoms with E-state index in [4.69, 9.17) is 4.74 Å². The number of para-hydroxylation sites is 2. The molecule has 148 valence electrons. The minimum Gasteiger partial charge on any atom is -0.489 e. The summed E-state index contributed by atoms with van der Waals surface area (Å²) < 4.78 is 5.97. The first-order valence-electron chi connectivity index (χ1n) is 10.00. The van der Waals surface area contributed by atoms with Crippen molar-refractivity contribution in [1.82, 2.24) is 10.3 Å². The Labute approximate surface area is 171 Å². The molecule has 0 unspecified atom stereocenters. The first-order chi connectivity index (χ1) is 14.3. The molecule has 0 fully saturated rings. The van der Waals surface area contributed by atoms with E-state index in [1.165, 1.54) is 5.56 Å². The largest absolute Gasteiger partial charge is 0.489 e. The average Bonchev–Trinajstić information content (AvgIpc) is 2.78. The smallest absolute Gasteiger partial charge is 0.240 e. The van der Waals surface area contributed by atoms with Crippen LogP contribution in [0.3, 0.4) is 0 Å². The number of anilines is 1. The van der Waals surface area contributed by atoms with Crippen molar-refractivity contribution in [2.45, 2.75) is 26.0 Å². The lowest BCUT2D eigenvalue weighted by Crippen LogP contribution is -2.41. The van der Waals surface area contributed by atoms with Crippen LogP contribution in [0.15, 0.2) is 73.1 Å². The van der Waals surface area contributed by atoms with Gasteiger partial charge < -0.3 is 15.0 Å². The zero-order valence-electron chi connectivity index (χ0n) is 16.4. The predicted octanol–water partition coefficient (Wildman–Crippen LogP) is 3.73. The summed E-state index contributed by atoms with van der Waals surface area (Å²) in [6, 6.07) is 20.0. The van der Waals surface area contributed by atoms with E-state index >= 15 is 0 Å². The fourth-order valence-corrected chi connectivity index (χ4v) is 3.63. The molecular weight excluding hydrogens is 362 g/mol. The normalized spacial score (nSPS) is 13.0. The van der Waals surface area contributed by atoms with Crippen LogP contribution in [0.1, 0.15) is 23.1 Å². The molecule has 1 aromatic heterocycles. The molecular formula is C24H25N3O2. The van der Waals surface area contributed by atoms with Crippen LogP contribution < -0.4 is 15.0 Å². The van der Waals surface area contributed by atoms with E-state index in [1.54, 1.807) is 12.4 Å². The van der Waals surface area contributed by atoms with Crippen molar-refractivity contribution in [2.75, 3.05) is 18.0 Å². The number of nitrogens with one attached hydrogen (secondary N) is 1. The van der Waals surface area contributed by atoms with E-state index in [9.17, 15) is 4.79 Å². The number of carbonyl (C=O) groups excluding carboxylic acids is 1. The highest BCUT2D eigenvalue weighted by Gasteiger charge is 2.21. The third-order valence-electron chi connectivity index (χ3n) is 5.09. The second-order valence-corrected chi connectivity index (χ2v) is 7.14. The number of carbonyl (C=O) groups is 1. The van der Waals surface area contributed by atoms with Crippen LogP contribution in [-0.2, 0) is 24.4 Å². The third kappa shape index (κ3) is 4.81. The van der Waals surface area contributed by atoms with Gasteiger partial charge in [-0.05, 0) is 36.6 Å². The van der Waals surface area contributed by atoms with Crippen molar-refractivity contribution in [3.8, 4) is 5.75 Å². The Kier molecular flexibility index (Phi) is 6.17. The van der Waals surface area contributed by atoms with Gasteiger partial charge >= 0.3 is 0 Å². The van der Waals surface area contributed by atoms with Crippen LogP contribution in [0.2, 0.25) is 0 Å². The number of ether oxygens (including phenoxy) is 1. The van der Waals surface area contributed by atoms with Gasteiger partial charge in [-0.3, -0.25) is 9.78 Å². The van der Waals surface area contributed by atoms with Crippen molar-refractivity contribution >= 4 is 11.6 Å². The Morgan fingerprint density at radius 2 is 1.93 bits per heavy atom. The highest BCUT2D eigenvalue weighted by Crippen LogP contribution is 2.26. The number of aryl methyl sites for hydroxylation is 1. The second-order valence-electron chi connectivity index (χ2n) is 7.14. The Hall–Kier alpha value is -3.18. The number of fused-ring (bicyclic) bond motifs is 1. The van der Waals surface area contributed by atoms with Crippen molar-refractivity contribution < 1.29 is 9.53 Å². The molecule has 2 heterocycles. The minimum atomic E-state index is 0.103. The summed E-state index contributed by atoms with van der Waals surface area (Å²) in [7, 11) is 0. The van der Waals surface area contributed by atoms with Crippen molar-refractivity contribution in [3.63, 3.8) is 0 Å². The van der Waals surface area contributed by atoms with Gasteiger partial charge in [-0.15, -0.1) is 0 Å². The van der Waals surface area contributed by atoms with Gasteiger partial charge in [-0.25, -0.2) is 0 Å². The monoisotopic (exact) mass is 387 g/mol. The van der Waals surface area contributed by atoms with Gasteiger partial charge in [0.1, 0.15) is 12.4 Å². The third-order valence-corrected chi connectivity index (χ3v) is 5.09. The van der Waals surface area contributed by atoms with Gasteiger partial charge in [0.05, 0.1) is 6.54 Å². The molecule has 1 aliphatic rings. The lowest BCUT2D eigenvalue weighted by molar-refractivity contribution is -0.117. The molecule has 29 heavy (non-hydrogen) atoms. The number of nitrogens with zero attached hydrogens (tertiary/aromatic N) is 2. The molecule has 3 aromatic rings. The number of benzene rings is 2. The van der Waals surface area contributed by atoms with Gasteiger partial charge in [-0.1, -0.05) is 42.5 Å². The summed E-state index contributed by atoms with van der Waals surface area (Å²) in [4.78, 5) is 18.8. The standard InChI is InChI=1S/C24H25N3O2/c28-24(27-14-6-10-20-8-1-3-11-22(20)27)17-26-16-21-9-2-4-12-23(21)29-18-19-7-5-13-25-15-19/h1-5,7-9,11-13,15,26H,6,10,14,16-18H2. The molecule has 0 aliphatic carbocycles. The van der Waals surface area contributed by atoms with E-state index in [2.05, 4.69) is 16.4 Å². The maximum atomic E-state index is 12.8. The van der Waals surface area contributed by atoms with Gasteiger partial charge in [0.2, 0.25) is 5.91 Å².